The molecule has 0 aromatic heterocycles. The summed E-state index contributed by atoms with van der Waals surface area (Å²) in [6.45, 7) is 0. The maximum atomic E-state index is 10.4. The lowest BCUT2D eigenvalue weighted by molar-refractivity contribution is 0.487. The first-order valence-corrected chi connectivity index (χ1v) is 16.3. The van der Waals surface area contributed by atoms with Crippen molar-refractivity contribution in [3.8, 4) is 67.1 Å². The molecule has 1 nitrogen and oxygen atoms in total. The molecule has 0 fully saturated rings. The van der Waals surface area contributed by atoms with Gasteiger partial charge in [0.25, 0.3) is 0 Å². The van der Waals surface area contributed by atoms with Gasteiger partial charge in [-0.25, -0.2) is 0 Å². The Kier molecular flexibility index (Phi) is 2.84. The van der Waals surface area contributed by atoms with Crippen LogP contribution in [0.4, 0.5) is 0 Å². The van der Waals surface area contributed by atoms with Gasteiger partial charge in [-0.05, 0) is 113 Å². The number of ether oxygens (including phenoxy) is 1. The lowest BCUT2D eigenvalue weighted by Crippen LogP contribution is -2.25. The van der Waals surface area contributed by atoms with Crippen molar-refractivity contribution in [1.29, 1.82) is 0 Å². The lowest BCUT2D eigenvalue weighted by atomic mass is 9.70. The number of fused-ring (bicyclic) bond motifs is 14. The van der Waals surface area contributed by atoms with E-state index in [4.69, 9.17) is 21.2 Å². The molecule has 1 atom stereocenters. The summed E-state index contributed by atoms with van der Waals surface area (Å²) in [5.41, 5.74) is -4.88. The van der Waals surface area contributed by atoms with Crippen molar-refractivity contribution in [3.63, 3.8) is 0 Å². The van der Waals surface area contributed by atoms with Crippen molar-refractivity contribution in [2.24, 2.45) is 0 Å². The van der Waals surface area contributed by atoms with Crippen LogP contribution in [0.25, 0.3) is 77.2 Å². The molecule has 0 N–H and O–H groups in total. The fourth-order valence-corrected chi connectivity index (χ4v) is 8.16. The van der Waals surface area contributed by atoms with Crippen LogP contribution in [-0.4, -0.2) is 0 Å². The molecule has 0 saturated carbocycles. The smallest absolute Gasteiger partial charge is 0.135 e. The van der Waals surface area contributed by atoms with Gasteiger partial charge in [0.1, 0.15) is 11.5 Å². The minimum absolute atomic E-state index is 0.0450. The van der Waals surface area contributed by atoms with Gasteiger partial charge in [-0.2, -0.15) is 0 Å². The summed E-state index contributed by atoms with van der Waals surface area (Å²) in [7, 11) is 0. The van der Waals surface area contributed by atoms with Crippen LogP contribution in [0.5, 0.6) is 11.5 Å². The fourth-order valence-electron chi connectivity index (χ4n) is 8.16. The molecule has 1 spiro atoms. The van der Waals surface area contributed by atoms with Crippen LogP contribution in [0.1, 0.15) is 52.4 Å². The summed E-state index contributed by atoms with van der Waals surface area (Å²) >= 11 is 0. The predicted molar refractivity (Wildman–Crippen MR) is 214 cm³/mol. The predicted octanol–water partition coefficient (Wildman–Crippen LogP) is 13.4. The topological polar surface area (TPSA) is 9.23 Å². The Balaban J connectivity index is 1.22. The van der Waals surface area contributed by atoms with Crippen LogP contribution in [0.3, 0.4) is 0 Å². The molecule has 0 amide bonds. The molecule has 9 aromatic rings. The lowest BCUT2D eigenvalue weighted by Gasteiger charge is -2.31. The third-order valence-corrected chi connectivity index (χ3v) is 10.2. The van der Waals surface area contributed by atoms with Crippen molar-refractivity contribution in [3.05, 3.63) is 204 Å². The first-order valence-electron chi connectivity index (χ1n) is 27.3. The Morgan fingerprint density at radius 3 is 2.08 bits per heavy atom. The second-order valence-electron chi connectivity index (χ2n) is 12.7. The van der Waals surface area contributed by atoms with Crippen molar-refractivity contribution in [1.82, 2.24) is 0 Å². The molecule has 9 aromatic carbocycles. The van der Waals surface area contributed by atoms with Gasteiger partial charge in [0.15, 0.2) is 0 Å². The molecular weight excluding hydrogens is 629 g/mol. The zero-order chi connectivity index (χ0) is 53.1. The highest BCUT2D eigenvalue weighted by Crippen LogP contribution is 2.64. The SMILES string of the molecule is [2H]c1c([2H])c([2H])c(-c2ccc3c4c(cccc24)-c2cc(-c4c([2H])c([2H])c5c(c4[2H])C4(c6c([2H])c([2H])c([2H])c([2H])c6-5)c5c([2H])c([2H])c([2H])c([2H])c5-c5c4c([2H])c([2H])c4c([2H])c([2H])c([2H])c([2H])c54)ccc2O3)c([2H])c1[2H]. The summed E-state index contributed by atoms with van der Waals surface area (Å²) in [6, 6.07) is -2.24. The molecule has 0 saturated heterocycles. The van der Waals surface area contributed by atoms with Gasteiger partial charge in [0.05, 0.1) is 35.6 Å². The van der Waals surface area contributed by atoms with E-state index in [0.29, 0.717) is 39.0 Å². The minimum Gasteiger partial charge on any atom is -0.456 e. The molecule has 1 heterocycles. The number of benzene rings is 9. The second-order valence-corrected chi connectivity index (χ2v) is 12.7. The maximum absolute atomic E-state index is 10.4. The highest BCUT2D eigenvalue weighted by Gasteiger charge is 2.52. The molecule has 0 radical (unpaired) electrons. The number of rotatable bonds is 2. The first-order chi connectivity index (χ1) is 34.9. The third kappa shape index (κ3) is 3.52. The molecule has 3 aliphatic rings. The van der Waals surface area contributed by atoms with Crippen molar-refractivity contribution in [2.75, 3.05) is 0 Å². The van der Waals surface area contributed by atoms with E-state index in [1.54, 1.807) is 42.5 Å². The second kappa shape index (κ2) is 10.2. The summed E-state index contributed by atoms with van der Waals surface area (Å²) < 4.78 is 207. The van der Waals surface area contributed by atoms with Crippen LogP contribution in [0.2, 0.25) is 0 Å². The molecule has 1 heteroatoms. The summed E-state index contributed by atoms with van der Waals surface area (Å²) in [5.74, 6) is 0.662. The molecular formula is C51H30O. The average Bonchev–Trinajstić information content (AvgIpc) is 3.99. The van der Waals surface area contributed by atoms with Crippen LogP contribution >= 0.6 is 0 Å². The molecule has 240 valence electrons. The summed E-state index contributed by atoms with van der Waals surface area (Å²) in [5, 5.41) is 0.0633. The Hall–Kier alpha value is -6.70. The van der Waals surface area contributed by atoms with Crippen LogP contribution < -0.4 is 4.74 Å². The van der Waals surface area contributed by atoms with Crippen molar-refractivity contribution in [2.45, 2.75) is 5.41 Å². The highest BCUT2D eigenvalue weighted by atomic mass is 16.5. The Labute approximate surface area is 333 Å². The molecule has 1 aliphatic heterocycles. The summed E-state index contributed by atoms with van der Waals surface area (Å²) in [6.07, 6.45) is 0. The van der Waals surface area contributed by atoms with Gasteiger partial charge < -0.3 is 4.74 Å². The Morgan fingerprint density at radius 1 is 0.423 bits per heavy atom. The van der Waals surface area contributed by atoms with E-state index >= 15 is 0 Å². The van der Waals surface area contributed by atoms with Crippen molar-refractivity contribution >= 4 is 21.5 Å². The monoisotopic (exact) mass is 680 g/mol. The quantitative estimate of drug-likeness (QED) is 0.177. The largest absolute Gasteiger partial charge is 0.456 e. The zero-order valence-corrected chi connectivity index (χ0v) is 26.5. The standard InChI is InChI=1S/C51H30O/c1-2-11-31(12-3-1)35-25-28-48-50-39(35)17-10-18-40(50)42-29-33(23-27-47(42)52-48)34-21-24-38-37-15-6-8-19-43(37)51(46(38)30-34)44-20-9-7-16-41(44)49-36-14-5-4-13-32(36)22-26-45(49)51/h1-30H/i1D,2D,3D,4D,5D,6D,7D,8D,9D,11D,12D,13D,14D,15D,16D,19D,20D,21D,22D,24D,26D,30D. The first kappa shape index (κ1) is 14.5. The average molecular weight is 681 g/mol. The van der Waals surface area contributed by atoms with Gasteiger partial charge in [-0.1, -0.05) is 157 Å². The fraction of sp³-hybridized carbons (Fsp3) is 0.0196. The van der Waals surface area contributed by atoms with Crippen LogP contribution in [0.15, 0.2) is 181 Å². The van der Waals surface area contributed by atoms with E-state index in [0.717, 1.165) is 0 Å². The molecule has 1 unspecified atom stereocenters. The van der Waals surface area contributed by atoms with Crippen LogP contribution in [0, 0.1) is 0 Å². The van der Waals surface area contributed by atoms with E-state index in [2.05, 4.69) is 0 Å². The van der Waals surface area contributed by atoms with E-state index < -0.39 is 188 Å². The zero-order valence-electron chi connectivity index (χ0n) is 48.5. The van der Waals surface area contributed by atoms with Gasteiger partial charge in [0, 0.05) is 10.9 Å². The van der Waals surface area contributed by atoms with Gasteiger partial charge >= 0.3 is 0 Å². The van der Waals surface area contributed by atoms with Gasteiger partial charge in [0.2, 0.25) is 0 Å². The molecule has 0 bridgehead atoms. The number of hydrogen-bond acceptors (Lipinski definition) is 1. The molecule has 12 rings (SSSR count). The highest BCUT2D eigenvalue weighted by molar-refractivity contribution is 6.10. The molecule has 52 heavy (non-hydrogen) atoms. The Morgan fingerprint density at radius 2 is 1.17 bits per heavy atom. The van der Waals surface area contributed by atoms with E-state index in [-0.39, 0.29) is 22.3 Å². The van der Waals surface area contributed by atoms with Crippen LogP contribution in [-0.2, 0) is 5.41 Å². The van der Waals surface area contributed by atoms with Gasteiger partial charge in [-0.3, -0.25) is 0 Å². The van der Waals surface area contributed by atoms with E-state index in [1.165, 1.54) is 6.07 Å². The van der Waals surface area contributed by atoms with E-state index in [9.17, 15) is 13.7 Å². The van der Waals surface area contributed by atoms with Crippen molar-refractivity contribution < 1.29 is 34.9 Å². The minimum atomic E-state index is -2.60. The molecule has 2 aliphatic carbocycles. The maximum Gasteiger partial charge on any atom is 0.135 e. The summed E-state index contributed by atoms with van der Waals surface area (Å²) in [4.78, 5) is 0. The normalized spacial score (nSPS) is 21.5. The number of hydrogen-bond donors (Lipinski definition) is 0. The third-order valence-electron chi connectivity index (χ3n) is 10.2. The Bertz CT molecular complexity index is 4230. The van der Waals surface area contributed by atoms with Gasteiger partial charge in [-0.15, -0.1) is 0 Å². The van der Waals surface area contributed by atoms with E-state index in [1.807, 2.05) is 0 Å².